The molecule has 2 aromatic carbocycles. The zero-order valence-corrected chi connectivity index (χ0v) is 32.5. The third-order valence-corrected chi connectivity index (χ3v) is 12.2. The maximum absolute atomic E-state index is 15.4. The first-order valence-electron chi connectivity index (χ1n) is 19.8. The molecule has 5 aliphatic rings. The van der Waals surface area contributed by atoms with E-state index in [4.69, 9.17) is 21.6 Å². The summed E-state index contributed by atoms with van der Waals surface area (Å²) in [7, 11) is 0. The lowest BCUT2D eigenvalue weighted by Gasteiger charge is -2.39. The highest BCUT2D eigenvalue weighted by Crippen LogP contribution is 2.35. The number of hydrogen-bond donors (Lipinski definition) is 2. The molecule has 1 aliphatic carbocycles. The van der Waals surface area contributed by atoms with Crippen molar-refractivity contribution in [2.24, 2.45) is 5.92 Å². The van der Waals surface area contributed by atoms with E-state index in [1.54, 1.807) is 24.4 Å². The molecule has 2 N–H and O–H groups in total. The predicted molar refractivity (Wildman–Crippen MR) is 209 cm³/mol. The number of anilines is 2. The average molecular weight is 812 g/mol. The van der Waals surface area contributed by atoms with E-state index in [9.17, 15) is 24.0 Å². The predicted octanol–water partition coefficient (Wildman–Crippen LogP) is 3.70. The Labute approximate surface area is 339 Å². The van der Waals surface area contributed by atoms with Gasteiger partial charge in [0.2, 0.25) is 11.8 Å². The minimum Gasteiger partial charge on any atom is -0.490 e. The number of hydrogen-bond acceptors (Lipinski definition) is 12. The molecule has 4 fully saturated rings. The van der Waals surface area contributed by atoms with Gasteiger partial charge in [0.25, 0.3) is 17.7 Å². The Bertz CT molecular complexity index is 2160. The highest BCUT2D eigenvalue weighted by molar-refractivity contribution is 6.31. The summed E-state index contributed by atoms with van der Waals surface area (Å²) in [4.78, 5) is 79.8. The maximum Gasteiger partial charge on any atom is 0.271 e. The quantitative estimate of drug-likeness (QED) is 0.300. The number of benzene rings is 2. The molecule has 302 valence electrons. The molecule has 0 bridgehead atoms. The summed E-state index contributed by atoms with van der Waals surface area (Å²) in [5.41, 5.74) is 0.949. The molecule has 5 amide bonds. The lowest BCUT2D eigenvalue weighted by atomic mass is 9.93. The summed E-state index contributed by atoms with van der Waals surface area (Å²) in [6.07, 6.45) is 8.00. The normalized spacial score (nSPS) is 23.1. The number of nitrogens with one attached hydrogen (secondary N) is 2. The van der Waals surface area contributed by atoms with Crippen LogP contribution in [-0.4, -0.2) is 113 Å². The first-order chi connectivity index (χ1) is 28.0. The SMILES string of the molecule is N#Cc1ccc(OC2CCC(NC(=O)c3cnc(N4CCN(CC5CCN(c6cc7c(cc6F)C(=O)N(C6CCC(=O)NC6=O)C7=O)CC5)CC4)cn3)CC2)cc1Cl. The summed E-state index contributed by atoms with van der Waals surface area (Å²) in [6, 6.07) is 8.53. The maximum atomic E-state index is 15.4. The van der Waals surface area contributed by atoms with Gasteiger partial charge in [-0.25, -0.2) is 14.4 Å². The first-order valence-corrected chi connectivity index (χ1v) is 20.2. The molecule has 58 heavy (non-hydrogen) atoms. The van der Waals surface area contributed by atoms with Gasteiger partial charge >= 0.3 is 0 Å². The number of halogens is 2. The lowest BCUT2D eigenvalue weighted by Crippen LogP contribution is -2.54. The molecule has 3 saturated heterocycles. The fourth-order valence-electron chi connectivity index (χ4n) is 8.64. The van der Waals surface area contributed by atoms with Gasteiger partial charge in [0.1, 0.15) is 35.2 Å². The van der Waals surface area contributed by atoms with E-state index < -0.39 is 35.5 Å². The molecule has 5 heterocycles. The lowest BCUT2D eigenvalue weighted by molar-refractivity contribution is -0.136. The van der Waals surface area contributed by atoms with E-state index >= 15 is 4.39 Å². The monoisotopic (exact) mass is 811 g/mol. The molecule has 1 atom stereocenters. The third kappa shape index (κ3) is 8.19. The van der Waals surface area contributed by atoms with Crippen LogP contribution in [0.2, 0.25) is 5.02 Å². The molecule has 17 heteroatoms. The van der Waals surface area contributed by atoms with Gasteiger partial charge in [-0.2, -0.15) is 5.26 Å². The van der Waals surface area contributed by atoms with Gasteiger partial charge in [0.05, 0.1) is 45.9 Å². The molecular formula is C41H43ClFN9O6. The van der Waals surface area contributed by atoms with Crippen molar-refractivity contribution in [3.8, 4) is 11.8 Å². The van der Waals surface area contributed by atoms with Crippen LogP contribution in [0.4, 0.5) is 15.9 Å². The number of ether oxygens (including phenoxy) is 1. The van der Waals surface area contributed by atoms with Gasteiger partial charge in [-0.1, -0.05) is 11.6 Å². The van der Waals surface area contributed by atoms with Crippen LogP contribution in [0.15, 0.2) is 42.7 Å². The second kappa shape index (κ2) is 16.7. The standard InChI is InChI=1S/C41H43ClFN9O6/c42-31-17-28(4-1-25(31)20-44)58-27-5-2-26(3-6-27)47-38(54)33-21-46-36(22-45-33)51-15-13-49(14-16-51)23-24-9-11-50(12-10-24)35-19-30-29(18-32(35)43)40(56)52(41(30)57)34-7-8-37(53)48-39(34)55/h1,4,17-19,21-22,24,26-27,34H,2-3,5-16,23H2,(H,47,54)(H,48,53,55). The third-order valence-electron chi connectivity index (χ3n) is 11.9. The number of piperazine rings is 1. The zero-order valence-electron chi connectivity index (χ0n) is 31.8. The smallest absolute Gasteiger partial charge is 0.271 e. The van der Waals surface area contributed by atoms with Crippen molar-refractivity contribution in [3.05, 3.63) is 75.9 Å². The molecule has 1 unspecified atom stereocenters. The summed E-state index contributed by atoms with van der Waals surface area (Å²) < 4.78 is 21.5. The Balaban J connectivity index is 0.764. The topological polar surface area (TPSA) is 181 Å². The van der Waals surface area contributed by atoms with E-state index in [-0.39, 0.29) is 53.4 Å². The van der Waals surface area contributed by atoms with Gasteiger partial charge in [-0.05, 0) is 75.1 Å². The molecule has 3 aromatic rings. The second-order valence-corrected chi connectivity index (χ2v) is 16.0. The number of carbonyl (C=O) groups excluding carboxylic acids is 5. The van der Waals surface area contributed by atoms with E-state index in [2.05, 4.69) is 30.4 Å². The fourth-order valence-corrected chi connectivity index (χ4v) is 8.85. The minimum absolute atomic E-state index is 0.00449. The number of nitriles is 1. The number of fused-ring (bicyclic) bond motifs is 1. The van der Waals surface area contributed by atoms with Crippen LogP contribution in [-0.2, 0) is 9.59 Å². The Hall–Kier alpha value is -5.66. The van der Waals surface area contributed by atoms with E-state index in [0.29, 0.717) is 35.3 Å². The number of amides is 5. The van der Waals surface area contributed by atoms with E-state index in [1.807, 2.05) is 11.0 Å². The number of carbonyl (C=O) groups is 5. The van der Waals surface area contributed by atoms with Crippen LogP contribution in [0.1, 0.15) is 88.1 Å². The van der Waals surface area contributed by atoms with Crippen molar-refractivity contribution >= 4 is 52.6 Å². The van der Waals surface area contributed by atoms with Crippen LogP contribution in [0.25, 0.3) is 0 Å². The van der Waals surface area contributed by atoms with Crippen LogP contribution >= 0.6 is 11.6 Å². The Morgan fingerprint density at radius 1 is 0.897 bits per heavy atom. The molecule has 8 rings (SSSR count). The largest absolute Gasteiger partial charge is 0.490 e. The fraction of sp³-hybridized carbons (Fsp3) is 0.463. The highest BCUT2D eigenvalue weighted by Gasteiger charge is 2.45. The average Bonchev–Trinajstić information content (AvgIpc) is 3.46. The van der Waals surface area contributed by atoms with E-state index in [0.717, 1.165) is 88.0 Å². The summed E-state index contributed by atoms with van der Waals surface area (Å²) in [5, 5.41) is 14.7. The number of imide groups is 2. The molecular weight excluding hydrogens is 769 g/mol. The van der Waals surface area contributed by atoms with Crippen LogP contribution in [0, 0.1) is 23.1 Å². The Morgan fingerprint density at radius 2 is 1.62 bits per heavy atom. The number of aromatic nitrogens is 2. The van der Waals surface area contributed by atoms with Crippen LogP contribution in [0.3, 0.4) is 0 Å². The van der Waals surface area contributed by atoms with Gasteiger partial charge in [-0.3, -0.25) is 39.1 Å². The highest BCUT2D eigenvalue weighted by atomic mass is 35.5. The van der Waals surface area contributed by atoms with Crippen molar-refractivity contribution < 1.29 is 33.1 Å². The van der Waals surface area contributed by atoms with Crippen molar-refractivity contribution in [3.63, 3.8) is 0 Å². The molecule has 1 saturated carbocycles. The van der Waals surface area contributed by atoms with Crippen molar-refractivity contribution in [2.45, 2.75) is 69.6 Å². The number of nitrogens with zero attached hydrogens (tertiary/aromatic N) is 7. The summed E-state index contributed by atoms with van der Waals surface area (Å²) in [5.74, 6) is -1.61. The molecule has 4 aliphatic heterocycles. The Morgan fingerprint density at radius 3 is 2.28 bits per heavy atom. The van der Waals surface area contributed by atoms with Crippen molar-refractivity contribution in [2.75, 3.05) is 55.6 Å². The summed E-state index contributed by atoms with van der Waals surface area (Å²) in [6.45, 7) is 5.32. The van der Waals surface area contributed by atoms with E-state index in [1.165, 1.54) is 12.3 Å². The zero-order chi connectivity index (χ0) is 40.5. The summed E-state index contributed by atoms with van der Waals surface area (Å²) >= 11 is 6.14. The molecule has 0 radical (unpaired) electrons. The van der Waals surface area contributed by atoms with Crippen molar-refractivity contribution in [1.29, 1.82) is 5.26 Å². The van der Waals surface area contributed by atoms with Crippen molar-refractivity contribution in [1.82, 2.24) is 30.4 Å². The number of rotatable bonds is 9. The number of piperidine rings is 2. The Kier molecular flexibility index (Phi) is 11.3. The minimum atomic E-state index is -1.10. The van der Waals surface area contributed by atoms with Crippen LogP contribution < -0.4 is 25.2 Å². The van der Waals surface area contributed by atoms with Gasteiger partial charge in [0, 0.05) is 64.3 Å². The molecule has 0 spiro atoms. The second-order valence-electron chi connectivity index (χ2n) is 15.6. The van der Waals surface area contributed by atoms with Gasteiger partial charge in [-0.15, -0.1) is 0 Å². The van der Waals surface area contributed by atoms with Crippen LogP contribution in [0.5, 0.6) is 5.75 Å². The van der Waals surface area contributed by atoms with Gasteiger partial charge in [0.15, 0.2) is 0 Å². The molecule has 1 aromatic heterocycles. The van der Waals surface area contributed by atoms with Gasteiger partial charge < -0.3 is 19.9 Å². The first kappa shape index (κ1) is 39.2. The molecule has 15 nitrogen and oxygen atoms in total.